The van der Waals surface area contributed by atoms with Crippen molar-refractivity contribution in [1.29, 1.82) is 0 Å². The smallest absolute Gasteiger partial charge is 0.259 e. The molecule has 7 nitrogen and oxygen atoms in total. The van der Waals surface area contributed by atoms with E-state index in [1.165, 1.54) is 5.56 Å². The maximum atomic E-state index is 11.5. The second kappa shape index (κ2) is 7.83. The number of benzene rings is 2. The lowest BCUT2D eigenvalue weighted by molar-refractivity contribution is -0.122. The van der Waals surface area contributed by atoms with Crippen LogP contribution >= 0.6 is 0 Å². The first-order chi connectivity index (χ1) is 15.1. The number of aryl methyl sites for hydroxylation is 1. The molecule has 0 radical (unpaired) electrons. The molecular formula is C24H23N5O2. The molecule has 31 heavy (non-hydrogen) atoms. The molecule has 1 amide bonds. The van der Waals surface area contributed by atoms with Crippen LogP contribution in [0.25, 0.3) is 33.7 Å². The van der Waals surface area contributed by atoms with Crippen molar-refractivity contribution in [3.8, 4) is 22.8 Å². The number of pyridine rings is 1. The molecular weight excluding hydrogens is 390 g/mol. The zero-order chi connectivity index (χ0) is 21.4. The van der Waals surface area contributed by atoms with Crippen LogP contribution in [-0.4, -0.2) is 34.1 Å². The minimum absolute atomic E-state index is 0.0656. The van der Waals surface area contributed by atoms with Crippen molar-refractivity contribution in [3.63, 3.8) is 0 Å². The molecule has 3 heterocycles. The molecule has 0 saturated carbocycles. The largest absolute Gasteiger partial charge is 0.369 e. The van der Waals surface area contributed by atoms with Gasteiger partial charge in [0.1, 0.15) is 5.82 Å². The first-order valence-electron chi connectivity index (χ1n) is 10.4. The van der Waals surface area contributed by atoms with Crippen LogP contribution in [0.2, 0.25) is 0 Å². The topological polar surface area (TPSA) is 98.1 Å². The predicted molar refractivity (Wildman–Crippen MR) is 119 cm³/mol. The van der Waals surface area contributed by atoms with E-state index in [-0.39, 0.29) is 11.8 Å². The summed E-state index contributed by atoms with van der Waals surface area (Å²) in [7, 11) is 0. The molecule has 4 aromatic rings. The van der Waals surface area contributed by atoms with E-state index >= 15 is 0 Å². The summed E-state index contributed by atoms with van der Waals surface area (Å²) < 4.78 is 5.67. The number of hydrogen-bond donors (Lipinski definition) is 1. The Morgan fingerprint density at radius 1 is 1.06 bits per heavy atom. The van der Waals surface area contributed by atoms with Crippen molar-refractivity contribution in [3.05, 3.63) is 60.2 Å². The lowest BCUT2D eigenvalue weighted by Crippen LogP contribution is -2.38. The maximum absolute atomic E-state index is 11.5. The fourth-order valence-corrected chi connectivity index (χ4v) is 4.05. The highest BCUT2D eigenvalue weighted by Crippen LogP contribution is 2.33. The van der Waals surface area contributed by atoms with E-state index in [1.807, 2.05) is 61.5 Å². The van der Waals surface area contributed by atoms with E-state index < -0.39 is 0 Å². The number of primary amides is 1. The molecule has 0 bridgehead atoms. The first-order valence-corrected chi connectivity index (χ1v) is 10.4. The highest BCUT2D eigenvalue weighted by molar-refractivity contribution is 5.94. The highest BCUT2D eigenvalue weighted by Gasteiger charge is 2.25. The first kappa shape index (κ1) is 19.2. The van der Waals surface area contributed by atoms with Crippen LogP contribution in [0.5, 0.6) is 0 Å². The Hall–Kier alpha value is -3.74. The van der Waals surface area contributed by atoms with Crippen LogP contribution < -0.4 is 10.6 Å². The number of nitrogens with zero attached hydrogens (tertiary/aromatic N) is 4. The monoisotopic (exact) mass is 413 g/mol. The third-order valence-electron chi connectivity index (χ3n) is 5.89. The van der Waals surface area contributed by atoms with Crippen LogP contribution in [-0.2, 0) is 4.79 Å². The Balaban J connectivity index is 1.53. The highest BCUT2D eigenvalue weighted by atomic mass is 16.5. The zero-order valence-corrected chi connectivity index (χ0v) is 17.3. The summed E-state index contributed by atoms with van der Waals surface area (Å²) in [6.07, 6.45) is 1.47. The van der Waals surface area contributed by atoms with Gasteiger partial charge in [0.25, 0.3) is 5.89 Å². The Morgan fingerprint density at radius 2 is 1.81 bits per heavy atom. The fraction of sp³-hybridized carbons (Fsp3) is 0.250. The van der Waals surface area contributed by atoms with Gasteiger partial charge in [-0.3, -0.25) is 4.79 Å². The molecule has 0 spiro atoms. The quantitative estimate of drug-likeness (QED) is 0.544. The lowest BCUT2D eigenvalue weighted by Gasteiger charge is -2.31. The number of amides is 1. The van der Waals surface area contributed by atoms with Crippen LogP contribution in [0.1, 0.15) is 18.4 Å². The van der Waals surface area contributed by atoms with Gasteiger partial charge in [-0.15, -0.1) is 0 Å². The normalized spacial score (nSPS) is 14.8. The molecule has 1 aliphatic heterocycles. The number of anilines is 1. The van der Waals surface area contributed by atoms with Gasteiger partial charge in [-0.2, -0.15) is 4.98 Å². The Labute approximate surface area is 179 Å². The molecule has 0 aliphatic carbocycles. The number of carbonyl (C=O) groups excluding carboxylic acids is 1. The van der Waals surface area contributed by atoms with Crippen LogP contribution in [0.15, 0.2) is 59.1 Å². The van der Waals surface area contributed by atoms with Crippen molar-refractivity contribution in [2.75, 3.05) is 18.0 Å². The summed E-state index contributed by atoms with van der Waals surface area (Å²) in [6.45, 7) is 3.51. The summed E-state index contributed by atoms with van der Waals surface area (Å²) in [5.41, 5.74) is 9.29. The van der Waals surface area contributed by atoms with Crippen molar-refractivity contribution in [1.82, 2.24) is 15.1 Å². The summed E-state index contributed by atoms with van der Waals surface area (Å²) in [5.74, 6) is 1.57. The Morgan fingerprint density at radius 3 is 2.55 bits per heavy atom. The fourth-order valence-electron chi connectivity index (χ4n) is 4.05. The third kappa shape index (κ3) is 3.74. The predicted octanol–water partition coefficient (Wildman–Crippen LogP) is 3.96. The number of nitrogens with two attached hydrogens (primary N) is 1. The van der Waals surface area contributed by atoms with Crippen molar-refractivity contribution in [2.24, 2.45) is 11.7 Å². The number of hydrogen-bond acceptors (Lipinski definition) is 6. The molecule has 7 heteroatoms. The Kier molecular flexibility index (Phi) is 4.86. The van der Waals surface area contributed by atoms with Gasteiger partial charge in [-0.05, 0) is 31.9 Å². The van der Waals surface area contributed by atoms with Gasteiger partial charge in [-0.1, -0.05) is 53.2 Å². The summed E-state index contributed by atoms with van der Waals surface area (Å²) in [4.78, 5) is 23.2. The zero-order valence-electron chi connectivity index (χ0n) is 17.3. The van der Waals surface area contributed by atoms with Crippen LogP contribution in [0, 0.1) is 12.8 Å². The average Bonchev–Trinajstić information content (AvgIpc) is 3.29. The van der Waals surface area contributed by atoms with E-state index in [1.54, 1.807) is 0 Å². The third-order valence-corrected chi connectivity index (χ3v) is 5.89. The number of aromatic nitrogens is 3. The molecule has 1 fully saturated rings. The van der Waals surface area contributed by atoms with Crippen molar-refractivity contribution in [2.45, 2.75) is 19.8 Å². The second-order valence-corrected chi connectivity index (χ2v) is 8.00. The summed E-state index contributed by atoms with van der Waals surface area (Å²) >= 11 is 0. The van der Waals surface area contributed by atoms with Gasteiger partial charge in [0.2, 0.25) is 11.7 Å². The number of rotatable bonds is 4. The minimum Gasteiger partial charge on any atom is -0.369 e. The van der Waals surface area contributed by atoms with E-state index in [9.17, 15) is 4.79 Å². The van der Waals surface area contributed by atoms with E-state index in [0.717, 1.165) is 53.8 Å². The van der Waals surface area contributed by atoms with E-state index in [0.29, 0.717) is 11.7 Å². The number of piperidine rings is 1. The van der Waals surface area contributed by atoms with Crippen LogP contribution in [0.3, 0.4) is 0 Å². The van der Waals surface area contributed by atoms with E-state index in [4.69, 9.17) is 15.2 Å². The van der Waals surface area contributed by atoms with Crippen LogP contribution in [0.4, 0.5) is 5.82 Å². The molecule has 1 aliphatic rings. The summed E-state index contributed by atoms with van der Waals surface area (Å²) in [6, 6.07) is 18.0. The van der Waals surface area contributed by atoms with Gasteiger partial charge in [0, 0.05) is 30.0 Å². The van der Waals surface area contributed by atoms with Gasteiger partial charge >= 0.3 is 0 Å². The standard InChI is InChI=1S/C24H23N5O2/c1-15-6-8-17(9-7-15)23-27-24(31-28-23)19-14-21(26-20-5-3-2-4-18(19)20)29-12-10-16(11-13-29)22(25)30/h2-9,14,16H,10-13H2,1H3,(H2,25,30). The average molecular weight is 413 g/mol. The minimum atomic E-state index is -0.221. The molecule has 2 aromatic carbocycles. The molecule has 156 valence electrons. The molecule has 2 aromatic heterocycles. The van der Waals surface area contributed by atoms with Gasteiger partial charge in [-0.25, -0.2) is 4.98 Å². The second-order valence-electron chi connectivity index (χ2n) is 8.00. The molecule has 5 rings (SSSR count). The maximum Gasteiger partial charge on any atom is 0.259 e. The molecule has 0 unspecified atom stereocenters. The molecule has 2 N–H and O–H groups in total. The van der Waals surface area contributed by atoms with Gasteiger partial charge in [0.05, 0.1) is 11.1 Å². The number of carbonyl (C=O) groups is 1. The number of para-hydroxylation sites is 1. The SMILES string of the molecule is Cc1ccc(-c2noc(-c3cc(N4CCC(C(N)=O)CC4)nc4ccccc34)n2)cc1. The lowest BCUT2D eigenvalue weighted by atomic mass is 9.96. The van der Waals surface area contributed by atoms with Crippen molar-refractivity contribution < 1.29 is 9.32 Å². The number of fused-ring (bicyclic) bond motifs is 1. The van der Waals surface area contributed by atoms with Crippen molar-refractivity contribution >= 4 is 22.6 Å². The Bertz CT molecular complexity index is 1240. The van der Waals surface area contributed by atoms with E-state index in [2.05, 4.69) is 15.0 Å². The molecule has 1 saturated heterocycles. The summed E-state index contributed by atoms with van der Waals surface area (Å²) in [5, 5.41) is 5.16. The van der Waals surface area contributed by atoms with Gasteiger partial charge < -0.3 is 15.2 Å². The molecule has 0 atom stereocenters. The van der Waals surface area contributed by atoms with Gasteiger partial charge in [0.15, 0.2) is 0 Å².